The smallest absolute Gasteiger partial charge is 0.247 e. The molecule has 0 aliphatic carbocycles. The molecule has 8 nitrogen and oxygen atoms in total. The number of ether oxygens (including phenoxy) is 3. The predicted molar refractivity (Wildman–Crippen MR) is 80.9 cm³/mol. The zero-order chi connectivity index (χ0) is 17.0. The van der Waals surface area contributed by atoms with Crippen molar-refractivity contribution in [1.29, 1.82) is 0 Å². The highest BCUT2D eigenvalue weighted by molar-refractivity contribution is 7.95. The van der Waals surface area contributed by atoms with Gasteiger partial charge in [-0.3, -0.25) is 0 Å². The first kappa shape index (κ1) is 19.5. The Morgan fingerprint density at radius 3 is 2.45 bits per heavy atom. The van der Waals surface area contributed by atoms with Gasteiger partial charge in [0.15, 0.2) is 16.1 Å². The molecule has 1 heterocycles. The van der Waals surface area contributed by atoms with Crippen molar-refractivity contribution < 1.29 is 31.0 Å². The molecule has 0 radical (unpaired) electrons. The number of primary sulfonamides is 1. The maximum atomic E-state index is 12.2. The lowest BCUT2D eigenvalue weighted by molar-refractivity contribution is -0.172. The number of methoxy groups -OCH3 is 1. The summed E-state index contributed by atoms with van der Waals surface area (Å²) in [6.07, 6.45) is -0.450. The number of thiophene rings is 1. The van der Waals surface area contributed by atoms with Gasteiger partial charge in [-0.05, 0) is 25.5 Å². The van der Waals surface area contributed by atoms with Crippen LogP contribution in [-0.4, -0.2) is 49.4 Å². The van der Waals surface area contributed by atoms with E-state index in [1.165, 1.54) is 20.1 Å². The van der Waals surface area contributed by atoms with Gasteiger partial charge < -0.3 is 14.2 Å². The third-order valence-electron chi connectivity index (χ3n) is 2.63. The molecule has 22 heavy (non-hydrogen) atoms. The van der Waals surface area contributed by atoms with Crippen LogP contribution in [0.2, 0.25) is 0 Å². The van der Waals surface area contributed by atoms with E-state index < -0.39 is 26.2 Å². The highest BCUT2D eigenvalue weighted by Crippen LogP contribution is 2.29. The van der Waals surface area contributed by atoms with Gasteiger partial charge in [-0.15, -0.1) is 11.3 Å². The molecule has 0 saturated carbocycles. The fourth-order valence-corrected chi connectivity index (χ4v) is 5.37. The highest BCUT2D eigenvalue weighted by atomic mass is 32.3. The number of sulfonamides is 1. The number of hydrogen-bond donors (Lipinski definition) is 1. The Labute approximate surface area is 134 Å². The lowest BCUT2D eigenvalue weighted by atomic mass is 10.4. The maximum absolute atomic E-state index is 12.2. The molecule has 0 spiro atoms. The van der Waals surface area contributed by atoms with Crippen molar-refractivity contribution in [3.8, 4) is 0 Å². The van der Waals surface area contributed by atoms with Crippen LogP contribution in [0.3, 0.4) is 0 Å². The SMILES string of the molecule is COC(C)OCOCCS(=O)(=O)c1sc(S(N)(=O)=O)cc1C. The maximum Gasteiger partial charge on any atom is 0.247 e. The second kappa shape index (κ2) is 7.81. The molecule has 0 amide bonds. The van der Waals surface area contributed by atoms with Gasteiger partial charge in [0.25, 0.3) is 0 Å². The molecule has 0 aliphatic rings. The molecule has 1 aromatic heterocycles. The molecule has 0 bridgehead atoms. The minimum Gasteiger partial charge on any atom is -0.356 e. The van der Waals surface area contributed by atoms with Gasteiger partial charge in [-0.25, -0.2) is 22.0 Å². The molecule has 2 N–H and O–H groups in total. The summed E-state index contributed by atoms with van der Waals surface area (Å²) >= 11 is 0.638. The van der Waals surface area contributed by atoms with Crippen molar-refractivity contribution >= 4 is 31.2 Å². The molecule has 128 valence electrons. The minimum atomic E-state index is -3.92. The third kappa shape index (κ3) is 5.57. The van der Waals surface area contributed by atoms with E-state index in [0.29, 0.717) is 16.9 Å². The summed E-state index contributed by atoms with van der Waals surface area (Å²) in [5, 5.41) is 5.00. The summed E-state index contributed by atoms with van der Waals surface area (Å²) in [6.45, 7) is 3.00. The number of hydrogen-bond acceptors (Lipinski definition) is 8. The van der Waals surface area contributed by atoms with E-state index in [9.17, 15) is 16.8 Å². The van der Waals surface area contributed by atoms with Crippen molar-refractivity contribution in [3.63, 3.8) is 0 Å². The average Bonchev–Trinajstić information content (AvgIpc) is 2.80. The van der Waals surface area contributed by atoms with Gasteiger partial charge in [0.1, 0.15) is 15.2 Å². The second-order valence-electron chi connectivity index (χ2n) is 4.40. The van der Waals surface area contributed by atoms with Crippen LogP contribution in [0.5, 0.6) is 0 Å². The fraction of sp³-hybridized carbons (Fsp3) is 0.636. The van der Waals surface area contributed by atoms with Crippen LogP contribution in [0, 0.1) is 6.92 Å². The van der Waals surface area contributed by atoms with Crippen LogP contribution in [0.4, 0.5) is 0 Å². The zero-order valence-electron chi connectivity index (χ0n) is 12.4. The van der Waals surface area contributed by atoms with E-state index >= 15 is 0 Å². The van der Waals surface area contributed by atoms with Crippen molar-refractivity contribution in [3.05, 3.63) is 11.6 Å². The molecule has 1 rings (SSSR count). The quantitative estimate of drug-likeness (QED) is 0.493. The van der Waals surface area contributed by atoms with Crippen LogP contribution in [0.15, 0.2) is 14.5 Å². The monoisotopic (exact) mass is 373 g/mol. The molecule has 0 saturated heterocycles. The number of aryl methyl sites for hydroxylation is 1. The summed E-state index contributed by atoms with van der Waals surface area (Å²) in [5.41, 5.74) is 0.346. The number of nitrogens with two attached hydrogens (primary N) is 1. The summed E-state index contributed by atoms with van der Waals surface area (Å²) in [6, 6.07) is 1.25. The van der Waals surface area contributed by atoms with E-state index in [0.717, 1.165) is 0 Å². The van der Waals surface area contributed by atoms with Crippen LogP contribution in [-0.2, 0) is 34.1 Å². The summed E-state index contributed by atoms with van der Waals surface area (Å²) in [4.78, 5) is 0. The summed E-state index contributed by atoms with van der Waals surface area (Å²) in [7, 11) is -6.10. The van der Waals surface area contributed by atoms with Crippen LogP contribution < -0.4 is 5.14 Å². The molecule has 0 fully saturated rings. The van der Waals surface area contributed by atoms with Gasteiger partial charge in [-0.2, -0.15) is 0 Å². The van der Waals surface area contributed by atoms with Crippen molar-refractivity contribution in [2.45, 2.75) is 28.6 Å². The Morgan fingerprint density at radius 1 is 1.32 bits per heavy atom. The van der Waals surface area contributed by atoms with Gasteiger partial charge >= 0.3 is 0 Å². The molecule has 0 aromatic carbocycles. The fourth-order valence-electron chi connectivity index (χ4n) is 1.42. The lowest BCUT2D eigenvalue weighted by Gasteiger charge is -2.11. The van der Waals surface area contributed by atoms with Crippen molar-refractivity contribution in [2.75, 3.05) is 26.3 Å². The lowest BCUT2D eigenvalue weighted by Crippen LogP contribution is -2.17. The number of sulfone groups is 1. The predicted octanol–water partition coefficient (Wildman–Crippen LogP) is 0.461. The second-order valence-corrected chi connectivity index (χ2v) is 9.54. The third-order valence-corrected chi connectivity index (χ3v) is 7.68. The van der Waals surface area contributed by atoms with Crippen LogP contribution in [0.1, 0.15) is 12.5 Å². The van der Waals surface area contributed by atoms with Gasteiger partial charge in [0.2, 0.25) is 10.0 Å². The summed E-state index contributed by atoms with van der Waals surface area (Å²) < 4.78 is 61.6. The average molecular weight is 373 g/mol. The Balaban J connectivity index is 2.66. The van der Waals surface area contributed by atoms with Gasteiger partial charge in [0, 0.05) is 7.11 Å². The van der Waals surface area contributed by atoms with Crippen molar-refractivity contribution in [2.24, 2.45) is 5.14 Å². The molecule has 1 aromatic rings. The first-order chi connectivity index (χ1) is 10.1. The first-order valence-corrected chi connectivity index (χ1v) is 10.2. The number of rotatable bonds is 9. The molecule has 1 unspecified atom stereocenters. The molecular weight excluding hydrogens is 354 g/mol. The normalized spacial score (nSPS) is 14.2. The highest BCUT2D eigenvalue weighted by Gasteiger charge is 2.23. The minimum absolute atomic E-state index is 0.0219. The Bertz CT molecular complexity index is 693. The molecular formula is C11H19NO7S3. The Hall–Kier alpha value is -0.560. The van der Waals surface area contributed by atoms with E-state index in [4.69, 9.17) is 19.3 Å². The Kier molecular flexibility index (Phi) is 6.92. The molecule has 1 atom stereocenters. The van der Waals surface area contributed by atoms with Crippen LogP contribution in [0.25, 0.3) is 0 Å². The topological polar surface area (TPSA) is 122 Å². The summed E-state index contributed by atoms with van der Waals surface area (Å²) in [5.74, 6) is -0.289. The van der Waals surface area contributed by atoms with E-state index in [-0.39, 0.29) is 27.6 Å². The zero-order valence-corrected chi connectivity index (χ0v) is 14.9. The molecule has 11 heteroatoms. The van der Waals surface area contributed by atoms with Gasteiger partial charge in [-0.1, -0.05) is 0 Å². The van der Waals surface area contributed by atoms with Crippen LogP contribution >= 0.6 is 11.3 Å². The first-order valence-electron chi connectivity index (χ1n) is 6.16. The standard InChI is InChI=1S/C11H19NO7S3/c1-8-6-10(22(12,15)16)20-11(8)21(13,14)5-4-18-7-19-9(2)17-3/h6,9H,4-5,7H2,1-3H3,(H2,12,15,16). The van der Waals surface area contributed by atoms with Crippen molar-refractivity contribution in [1.82, 2.24) is 0 Å². The van der Waals surface area contributed by atoms with E-state index in [2.05, 4.69) is 0 Å². The Morgan fingerprint density at radius 2 is 1.95 bits per heavy atom. The van der Waals surface area contributed by atoms with E-state index in [1.54, 1.807) is 6.92 Å². The van der Waals surface area contributed by atoms with E-state index in [1.807, 2.05) is 0 Å². The largest absolute Gasteiger partial charge is 0.356 e. The molecule has 0 aliphatic heterocycles. The van der Waals surface area contributed by atoms with Gasteiger partial charge in [0.05, 0.1) is 12.4 Å².